The average molecular weight is 378 g/mol. The minimum absolute atomic E-state index is 0.00498. The van der Waals surface area contributed by atoms with Crippen molar-refractivity contribution in [1.29, 1.82) is 0 Å². The van der Waals surface area contributed by atoms with Crippen LogP contribution in [0.2, 0.25) is 20.4 Å². The van der Waals surface area contributed by atoms with Gasteiger partial charge in [0.2, 0.25) is 5.91 Å². The van der Waals surface area contributed by atoms with Crippen LogP contribution in [0.3, 0.4) is 0 Å². The molecule has 1 rings (SSSR count). The molecule has 1 heterocycles. The van der Waals surface area contributed by atoms with Crippen LogP contribution in [0.25, 0.3) is 0 Å². The summed E-state index contributed by atoms with van der Waals surface area (Å²) in [5.41, 5.74) is 0. The van der Waals surface area contributed by atoms with Gasteiger partial charge in [0.05, 0.1) is 14.9 Å². The van der Waals surface area contributed by atoms with E-state index in [1.54, 1.807) is 0 Å². The van der Waals surface area contributed by atoms with Gasteiger partial charge < -0.3 is 10.4 Å². The van der Waals surface area contributed by atoms with Gasteiger partial charge in [-0.25, -0.2) is 9.78 Å². The van der Waals surface area contributed by atoms with Gasteiger partial charge in [-0.1, -0.05) is 46.4 Å². The molecule has 0 unspecified atom stereocenters. The molecule has 0 aliphatic carbocycles. The number of hydrogen-bond donors (Lipinski definition) is 2. The molecule has 1 atom stereocenters. The second-order valence-corrected chi connectivity index (χ2v) is 6.06. The van der Waals surface area contributed by atoms with Crippen LogP contribution in [0.4, 0.5) is 0 Å². The van der Waals surface area contributed by atoms with E-state index in [1.807, 2.05) is 0 Å². The molecule has 0 spiro atoms. The van der Waals surface area contributed by atoms with Crippen LogP contribution < -0.4 is 5.32 Å². The Labute approximate surface area is 138 Å². The molecule has 0 bridgehead atoms. The lowest BCUT2D eigenvalue weighted by Crippen LogP contribution is -2.41. The predicted molar refractivity (Wildman–Crippen MR) is 80.2 cm³/mol. The van der Waals surface area contributed by atoms with Crippen molar-refractivity contribution >= 4 is 70.0 Å². The van der Waals surface area contributed by atoms with E-state index in [4.69, 9.17) is 51.5 Å². The Balaban J connectivity index is 2.93. The van der Waals surface area contributed by atoms with E-state index in [9.17, 15) is 9.59 Å². The lowest BCUT2D eigenvalue weighted by atomic mass is 10.3. The van der Waals surface area contributed by atoms with Gasteiger partial charge >= 0.3 is 5.97 Å². The third kappa shape index (κ3) is 4.56. The zero-order valence-corrected chi connectivity index (χ0v) is 13.8. The Kier molecular flexibility index (Phi) is 6.68. The summed E-state index contributed by atoms with van der Waals surface area (Å²) in [7, 11) is 0. The molecule has 0 fully saturated rings. The number of aromatic nitrogens is 1. The number of carboxylic acid groups (broad SMARTS) is 1. The summed E-state index contributed by atoms with van der Waals surface area (Å²) in [6, 6.07) is -1.09. The molecular weight excluding hydrogens is 370 g/mol. The van der Waals surface area contributed by atoms with Crippen LogP contribution in [0.15, 0.2) is 4.90 Å². The molecule has 10 heteroatoms. The van der Waals surface area contributed by atoms with Gasteiger partial charge in [0.25, 0.3) is 0 Å². The fourth-order valence-corrected chi connectivity index (χ4v) is 3.35. The molecule has 110 valence electrons. The molecule has 0 saturated carbocycles. The Morgan fingerprint density at radius 3 is 2.15 bits per heavy atom. The number of amides is 1. The molecule has 0 aromatic carbocycles. The standard InChI is InChI=1S/C10H8Cl4N2O3S/c1-3(17)15-4(10(18)19)2-20-7-5(11)8(13)16-9(14)6(7)12/h4H,2H2,1H3,(H,15,17)(H,18,19)/t4-/m0/s1. The number of halogens is 4. The highest BCUT2D eigenvalue weighted by atomic mass is 35.5. The number of thioether (sulfide) groups is 1. The van der Waals surface area contributed by atoms with E-state index in [-0.39, 0.29) is 26.1 Å². The van der Waals surface area contributed by atoms with Crippen molar-refractivity contribution in [3.05, 3.63) is 20.4 Å². The summed E-state index contributed by atoms with van der Waals surface area (Å²) >= 11 is 24.4. The van der Waals surface area contributed by atoms with Crippen molar-refractivity contribution in [3.8, 4) is 0 Å². The van der Waals surface area contributed by atoms with Crippen molar-refractivity contribution < 1.29 is 14.7 Å². The molecule has 1 aromatic rings. The first-order valence-corrected chi connectivity index (χ1v) is 7.56. The van der Waals surface area contributed by atoms with Crippen molar-refractivity contribution in [3.63, 3.8) is 0 Å². The minimum atomic E-state index is -1.17. The SMILES string of the molecule is CC(=O)N[C@@H](CSc1c(Cl)c(Cl)nc(Cl)c1Cl)C(=O)O. The molecule has 1 aromatic heterocycles. The van der Waals surface area contributed by atoms with E-state index in [0.29, 0.717) is 4.90 Å². The van der Waals surface area contributed by atoms with E-state index in [2.05, 4.69) is 10.3 Å². The largest absolute Gasteiger partial charge is 0.480 e. The number of pyridine rings is 1. The molecule has 5 nitrogen and oxygen atoms in total. The molecule has 20 heavy (non-hydrogen) atoms. The highest BCUT2D eigenvalue weighted by molar-refractivity contribution is 7.99. The number of nitrogens with zero attached hydrogens (tertiary/aromatic N) is 1. The van der Waals surface area contributed by atoms with Crippen LogP contribution in [-0.2, 0) is 9.59 Å². The minimum Gasteiger partial charge on any atom is -0.480 e. The predicted octanol–water partition coefficient (Wildman–Crippen LogP) is 3.38. The maximum absolute atomic E-state index is 11.0. The summed E-state index contributed by atoms with van der Waals surface area (Å²) in [5.74, 6) is -1.63. The van der Waals surface area contributed by atoms with Gasteiger partial charge in [-0.05, 0) is 0 Å². The molecule has 2 N–H and O–H groups in total. The number of aliphatic carboxylic acids is 1. The number of nitrogens with one attached hydrogen (secondary N) is 1. The van der Waals surface area contributed by atoms with E-state index in [1.165, 1.54) is 6.92 Å². The first-order valence-electron chi connectivity index (χ1n) is 5.06. The van der Waals surface area contributed by atoms with Crippen molar-refractivity contribution in [2.24, 2.45) is 0 Å². The zero-order valence-electron chi connectivity index (χ0n) is 9.92. The highest BCUT2D eigenvalue weighted by Crippen LogP contribution is 2.41. The third-order valence-electron chi connectivity index (χ3n) is 2.03. The molecule has 0 aliphatic heterocycles. The Bertz CT molecular complexity index is 530. The van der Waals surface area contributed by atoms with Crippen LogP contribution in [0, 0.1) is 0 Å². The van der Waals surface area contributed by atoms with Gasteiger partial charge in [0.15, 0.2) is 10.3 Å². The fourth-order valence-electron chi connectivity index (χ4n) is 1.18. The maximum atomic E-state index is 11.0. The highest BCUT2D eigenvalue weighted by Gasteiger charge is 2.22. The number of carbonyl (C=O) groups is 2. The number of rotatable bonds is 5. The quantitative estimate of drug-likeness (QED) is 0.607. The second kappa shape index (κ2) is 7.56. The molecular formula is C10H8Cl4N2O3S. The Morgan fingerprint density at radius 2 is 1.75 bits per heavy atom. The van der Waals surface area contributed by atoms with E-state index < -0.39 is 17.9 Å². The maximum Gasteiger partial charge on any atom is 0.327 e. The van der Waals surface area contributed by atoms with Crippen molar-refractivity contribution in [1.82, 2.24) is 10.3 Å². The lowest BCUT2D eigenvalue weighted by molar-refractivity contribution is -0.140. The van der Waals surface area contributed by atoms with Gasteiger partial charge in [-0.3, -0.25) is 4.79 Å². The van der Waals surface area contributed by atoms with Gasteiger partial charge in [-0.15, -0.1) is 11.8 Å². The fraction of sp³-hybridized carbons (Fsp3) is 0.300. The molecule has 0 saturated heterocycles. The monoisotopic (exact) mass is 376 g/mol. The number of carbonyl (C=O) groups excluding carboxylic acids is 1. The number of carboxylic acids is 1. The van der Waals surface area contributed by atoms with E-state index >= 15 is 0 Å². The summed E-state index contributed by atoms with van der Waals surface area (Å²) < 4.78 is 0. The van der Waals surface area contributed by atoms with Gasteiger partial charge in [0, 0.05) is 12.7 Å². The molecule has 0 radical (unpaired) electrons. The topological polar surface area (TPSA) is 79.3 Å². The summed E-state index contributed by atoms with van der Waals surface area (Å²) in [6.07, 6.45) is 0. The first-order chi connectivity index (χ1) is 9.23. The van der Waals surface area contributed by atoms with Crippen molar-refractivity contribution in [2.75, 3.05) is 5.75 Å². The van der Waals surface area contributed by atoms with Crippen molar-refractivity contribution in [2.45, 2.75) is 17.9 Å². The normalized spacial score (nSPS) is 12.1. The molecule has 0 aliphatic rings. The third-order valence-corrected chi connectivity index (χ3v) is 4.92. The second-order valence-electron chi connectivity index (χ2n) is 3.55. The van der Waals surface area contributed by atoms with Gasteiger partial charge in [0.1, 0.15) is 6.04 Å². The molecule has 1 amide bonds. The smallest absolute Gasteiger partial charge is 0.327 e. The number of hydrogen-bond acceptors (Lipinski definition) is 4. The Morgan fingerprint density at radius 1 is 1.25 bits per heavy atom. The average Bonchev–Trinajstić information content (AvgIpc) is 2.34. The lowest BCUT2D eigenvalue weighted by Gasteiger charge is -2.14. The van der Waals surface area contributed by atoms with Crippen LogP contribution in [-0.4, -0.2) is 33.8 Å². The van der Waals surface area contributed by atoms with Crippen LogP contribution in [0.5, 0.6) is 0 Å². The first kappa shape index (κ1) is 17.7. The summed E-state index contributed by atoms with van der Waals surface area (Å²) in [5, 5.41) is 11.4. The summed E-state index contributed by atoms with van der Waals surface area (Å²) in [4.78, 5) is 26.0. The summed E-state index contributed by atoms with van der Waals surface area (Å²) in [6.45, 7) is 1.22. The zero-order chi connectivity index (χ0) is 15.4. The van der Waals surface area contributed by atoms with Crippen LogP contribution >= 0.6 is 58.2 Å². The van der Waals surface area contributed by atoms with Gasteiger partial charge in [-0.2, -0.15) is 0 Å². The van der Waals surface area contributed by atoms with Crippen LogP contribution in [0.1, 0.15) is 6.92 Å². The van der Waals surface area contributed by atoms with E-state index in [0.717, 1.165) is 11.8 Å². The Hall–Kier alpha value is -0.400.